The predicted molar refractivity (Wildman–Crippen MR) is 98.3 cm³/mol. The van der Waals surface area contributed by atoms with Gasteiger partial charge in [0.15, 0.2) is 6.04 Å². The van der Waals surface area contributed by atoms with E-state index in [2.05, 4.69) is 17.4 Å². The van der Waals surface area contributed by atoms with Crippen molar-refractivity contribution < 1.29 is 19.4 Å². The van der Waals surface area contributed by atoms with E-state index >= 15 is 0 Å². The summed E-state index contributed by atoms with van der Waals surface area (Å²) in [6.45, 7) is 2.65. The van der Waals surface area contributed by atoms with Crippen molar-refractivity contribution in [3.8, 4) is 5.75 Å². The fourth-order valence-electron chi connectivity index (χ4n) is 3.11. The number of carboxylic acids is 1. The lowest BCUT2D eigenvalue weighted by Crippen LogP contribution is -2.33. The molecule has 0 fully saturated rings. The van der Waals surface area contributed by atoms with Crippen LogP contribution in [0.25, 0.3) is 0 Å². The van der Waals surface area contributed by atoms with Gasteiger partial charge in [-0.05, 0) is 48.6 Å². The van der Waals surface area contributed by atoms with Gasteiger partial charge in [-0.2, -0.15) is 0 Å². The molecule has 1 atom stereocenters. The maximum atomic E-state index is 12.2. The molecule has 0 saturated heterocycles. The van der Waals surface area contributed by atoms with Crippen molar-refractivity contribution in [2.75, 3.05) is 6.61 Å². The van der Waals surface area contributed by atoms with Gasteiger partial charge in [-0.1, -0.05) is 35.9 Å². The number of rotatable bonds is 7. The van der Waals surface area contributed by atoms with Crippen LogP contribution in [-0.2, 0) is 22.4 Å². The highest BCUT2D eigenvalue weighted by molar-refractivity contribution is 5.84. The number of carboxylic acid groups (broad SMARTS) is 1. The number of hydrogen-bond acceptors (Lipinski definition) is 3. The summed E-state index contributed by atoms with van der Waals surface area (Å²) in [7, 11) is 0. The molecule has 3 rings (SSSR count). The normalized spacial score (nSPS) is 13.6. The minimum Gasteiger partial charge on any atom is -0.493 e. The second-order valence-electron chi connectivity index (χ2n) is 6.64. The predicted octanol–water partition coefficient (Wildman–Crippen LogP) is 3.19. The molecule has 0 spiro atoms. The highest BCUT2D eigenvalue weighted by atomic mass is 16.5. The molecule has 2 aromatic carbocycles. The molecule has 1 heterocycles. The van der Waals surface area contributed by atoms with Crippen LogP contribution in [0.4, 0.5) is 0 Å². The van der Waals surface area contributed by atoms with Gasteiger partial charge in [0.05, 0.1) is 6.61 Å². The van der Waals surface area contributed by atoms with E-state index in [0.717, 1.165) is 24.2 Å². The number of aliphatic carboxylic acids is 1. The molecule has 5 nitrogen and oxygen atoms in total. The molecule has 0 aromatic heterocycles. The molecule has 2 aromatic rings. The Kier molecular flexibility index (Phi) is 5.56. The van der Waals surface area contributed by atoms with Gasteiger partial charge >= 0.3 is 5.97 Å². The van der Waals surface area contributed by atoms with Gasteiger partial charge in [-0.15, -0.1) is 0 Å². The number of ether oxygens (including phenoxy) is 1. The molecule has 1 unspecified atom stereocenters. The van der Waals surface area contributed by atoms with Crippen LogP contribution in [-0.4, -0.2) is 23.6 Å². The van der Waals surface area contributed by atoms with E-state index in [9.17, 15) is 14.7 Å². The summed E-state index contributed by atoms with van der Waals surface area (Å²) >= 11 is 0. The zero-order chi connectivity index (χ0) is 18.5. The summed E-state index contributed by atoms with van der Waals surface area (Å²) in [6.07, 6.45) is 2.53. The van der Waals surface area contributed by atoms with Crippen molar-refractivity contribution >= 4 is 11.9 Å². The van der Waals surface area contributed by atoms with Crippen molar-refractivity contribution in [2.45, 2.75) is 38.6 Å². The molecule has 1 amide bonds. The quantitative estimate of drug-likeness (QED) is 0.801. The number of hydrogen-bond donors (Lipinski definition) is 2. The third-order valence-corrected chi connectivity index (χ3v) is 4.59. The van der Waals surface area contributed by atoms with Crippen molar-refractivity contribution in [1.29, 1.82) is 0 Å². The minimum absolute atomic E-state index is 0.249. The van der Waals surface area contributed by atoms with E-state index in [-0.39, 0.29) is 5.91 Å². The fraction of sp³-hybridized carbons (Fsp3) is 0.333. The van der Waals surface area contributed by atoms with Crippen molar-refractivity contribution in [3.63, 3.8) is 0 Å². The second-order valence-corrected chi connectivity index (χ2v) is 6.64. The Morgan fingerprint density at radius 1 is 1.19 bits per heavy atom. The summed E-state index contributed by atoms with van der Waals surface area (Å²) in [6, 6.07) is 12.5. The van der Waals surface area contributed by atoms with Gasteiger partial charge in [0.2, 0.25) is 5.91 Å². The molecule has 136 valence electrons. The summed E-state index contributed by atoms with van der Waals surface area (Å²) in [5.41, 5.74) is 3.95. The Hall–Kier alpha value is -2.82. The van der Waals surface area contributed by atoms with E-state index in [1.807, 2.05) is 25.1 Å². The van der Waals surface area contributed by atoms with Gasteiger partial charge < -0.3 is 15.2 Å². The number of carbonyl (C=O) groups excluding carboxylic acids is 1. The lowest BCUT2D eigenvalue weighted by atomic mass is 10.0. The van der Waals surface area contributed by atoms with Crippen LogP contribution in [0.3, 0.4) is 0 Å². The van der Waals surface area contributed by atoms with Crippen LogP contribution in [0.1, 0.15) is 41.1 Å². The number of nitrogens with one attached hydrogen (secondary N) is 1. The van der Waals surface area contributed by atoms with Crippen LogP contribution in [0.2, 0.25) is 0 Å². The maximum Gasteiger partial charge on any atom is 0.330 e. The molecule has 26 heavy (non-hydrogen) atoms. The van der Waals surface area contributed by atoms with Crippen LogP contribution in [0.15, 0.2) is 42.5 Å². The Bertz CT molecular complexity index is 798. The third kappa shape index (κ3) is 4.42. The highest BCUT2D eigenvalue weighted by Gasteiger charge is 2.24. The first-order valence-electron chi connectivity index (χ1n) is 8.86. The van der Waals surface area contributed by atoms with E-state index in [1.54, 1.807) is 12.1 Å². The molecule has 0 bridgehead atoms. The lowest BCUT2D eigenvalue weighted by Gasteiger charge is -2.16. The summed E-state index contributed by atoms with van der Waals surface area (Å²) in [4.78, 5) is 23.8. The first-order valence-corrected chi connectivity index (χ1v) is 8.86. The zero-order valence-electron chi connectivity index (χ0n) is 14.8. The summed E-state index contributed by atoms with van der Waals surface area (Å²) in [5.74, 6) is -0.515. The summed E-state index contributed by atoms with van der Waals surface area (Å²) < 4.78 is 5.44. The molecule has 5 heteroatoms. The average Bonchev–Trinajstić information content (AvgIpc) is 3.09. The van der Waals surface area contributed by atoms with Gasteiger partial charge in [-0.25, -0.2) is 4.79 Å². The van der Waals surface area contributed by atoms with Crippen LogP contribution in [0.5, 0.6) is 5.75 Å². The molecule has 2 N–H and O–H groups in total. The Morgan fingerprint density at radius 2 is 1.96 bits per heavy atom. The molecule has 0 saturated carbocycles. The Balaban J connectivity index is 1.56. The fourth-order valence-corrected chi connectivity index (χ4v) is 3.11. The average molecular weight is 353 g/mol. The van der Waals surface area contributed by atoms with Crippen LogP contribution < -0.4 is 10.1 Å². The van der Waals surface area contributed by atoms with Gasteiger partial charge in [-0.3, -0.25) is 4.79 Å². The molecule has 0 aliphatic carbocycles. The maximum absolute atomic E-state index is 12.2. The molecule has 1 aliphatic rings. The first kappa shape index (κ1) is 18.0. The number of benzene rings is 2. The Labute approximate surface area is 153 Å². The van der Waals surface area contributed by atoms with E-state index in [0.29, 0.717) is 25.0 Å². The molecule has 1 aliphatic heterocycles. The second kappa shape index (κ2) is 8.04. The lowest BCUT2D eigenvalue weighted by molar-refractivity contribution is -0.142. The standard InChI is InChI=1S/C21H23NO4/c1-14-5-7-15(8-6-14)3-2-4-19(23)22-20(21(24)25)17-9-10-18-16(13-17)11-12-26-18/h5-10,13,20H,2-4,11-12H2,1H3,(H,22,23)(H,24,25). The van der Waals surface area contributed by atoms with E-state index < -0.39 is 12.0 Å². The highest BCUT2D eigenvalue weighted by Crippen LogP contribution is 2.28. The van der Waals surface area contributed by atoms with Crippen molar-refractivity contribution in [3.05, 3.63) is 64.7 Å². The smallest absolute Gasteiger partial charge is 0.330 e. The van der Waals surface area contributed by atoms with E-state index in [4.69, 9.17) is 4.74 Å². The zero-order valence-corrected chi connectivity index (χ0v) is 14.8. The first-order chi connectivity index (χ1) is 12.5. The molecular formula is C21H23NO4. The number of carbonyl (C=O) groups is 2. The van der Waals surface area contributed by atoms with Crippen molar-refractivity contribution in [1.82, 2.24) is 5.32 Å². The van der Waals surface area contributed by atoms with Crippen molar-refractivity contribution in [2.24, 2.45) is 0 Å². The topological polar surface area (TPSA) is 75.6 Å². The largest absolute Gasteiger partial charge is 0.493 e. The van der Waals surface area contributed by atoms with E-state index in [1.165, 1.54) is 11.1 Å². The minimum atomic E-state index is -1.06. The van der Waals surface area contributed by atoms with Gasteiger partial charge in [0.25, 0.3) is 0 Å². The van der Waals surface area contributed by atoms with Gasteiger partial charge in [0, 0.05) is 12.8 Å². The summed E-state index contributed by atoms with van der Waals surface area (Å²) in [5, 5.41) is 12.1. The SMILES string of the molecule is Cc1ccc(CCCC(=O)NC(C(=O)O)c2ccc3c(c2)CCO3)cc1. The third-order valence-electron chi connectivity index (χ3n) is 4.59. The molecular weight excluding hydrogens is 330 g/mol. The monoisotopic (exact) mass is 353 g/mol. The van der Waals surface area contributed by atoms with Gasteiger partial charge in [0.1, 0.15) is 5.75 Å². The number of fused-ring (bicyclic) bond motifs is 1. The number of aryl methyl sites for hydroxylation is 2. The van der Waals surface area contributed by atoms with Crippen LogP contribution in [0, 0.1) is 6.92 Å². The Morgan fingerprint density at radius 3 is 2.69 bits per heavy atom. The van der Waals surface area contributed by atoms with Crippen LogP contribution >= 0.6 is 0 Å². The number of amides is 1. The molecule has 0 radical (unpaired) electrons.